The van der Waals surface area contributed by atoms with Gasteiger partial charge in [-0.05, 0) is 24.3 Å². The van der Waals surface area contributed by atoms with Crippen LogP contribution in [0.25, 0.3) is 10.9 Å². The number of nitrogens with zero attached hydrogens (tertiary/aromatic N) is 3. The maximum Gasteiger partial charge on any atom is 0.276 e. The lowest BCUT2D eigenvalue weighted by atomic mass is 10.2. The van der Waals surface area contributed by atoms with E-state index >= 15 is 0 Å². The molecule has 0 spiro atoms. The number of halogens is 1. The number of carbonyl (C=O) groups is 1. The Balaban J connectivity index is 1.99. The zero-order valence-corrected chi connectivity index (χ0v) is 12.3. The SMILES string of the molecule is Cn1ccc(C(=O)Nc2ccc(Br)c3cccnc23)n1. The standard InChI is InChI=1S/C14H11BrN4O/c1-19-8-6-12(18-19)14(20)17-11-5-4-10(15)9-3-2-7-16-13(9)11/h2-8H,1H3,(H,17,20). The zero-order chi connectivity index (χ0) is 14.1. The molecule has 0 atom stereocenters. The third kappa shape index (κ3) is 2.30. The van der Waals surface area contributed by atoms with Crippen molar-refractivity contribution in [3.8, 4) is 0 Å². The van der Waals surface area contributed by atoms with E-state index in [-0.39, 0.29) is 5.91 Å². The van der Waals surface area contributed by atoms with Gasteiger partial charge in [-0.1, -0.05) is 22.0 Å². The lowest BCUT2D eigenvalue weighted by Crippen LogP contribution is -2.13. The fourth-order valence-corrected chi connectivity index (χ4v) is 2.41. The van der Waals surface area contributed by atoms with Crippen molar-refractivity contribution in [2.75, 3.05) is 5.32 Å². The molecule has 2 aromatic heterocycles. The Morgan fingerprint density at radius 3 is 2.90 bits per heavy atom. The number of aryl methyl sites for hydroxylation is 1. The van der Waals surface area contributed by atoms with Gasteiger partial charge < -0.3 is 5.32 Å². The topological polar surface area (TPSA) is 59.8 Å². The van der Waals surface area contributed by atoms with E-state index in [0.29, 0.717) is 11.4 Å². The van der Waals surface area contributed by atoms with Gasteiger partial charge in [0, 0.05) is 29.3 Å². The first-order valence-corrected chi connectivity index (χ1v) is 6.78. The van der Waals surface area contributed by atoms with Gasteiger partial charge in [-0.3, -0.25) is 14.5 Å². The Hall–Kier alpha value is -2.21. The van der Waals surface area contributed by atoms with Crippen molar-refractivity contribution in [3.63, 3.8) is 0 Å². The number of anilines is 1. The highest BCUT2D eigenvalue weighted by molar-refractivity contribution is 9.10. The van der Waals surface area contributed by atoms with Gasteiger partial charge in [0.15, 0.2) is 5.69 Å². The number of hydrogen-bond donors (Lipinski definition) is 1. The van der Waals surface area contributed by atoms with Crippen LogP contribution in [0.4, 0.5) is 5.69 Å². The molecule has 0 aliphatic rings. The molecule has 1 N–H and O–H groups in total. The second-order valence-electron chi connectivity index (χ2n) is 4.32. The van der Waals surface area contributed by atoms with E-state index in [2.05, 4.69) is 31.3 Å². The van der Waals surface area contributed by atoms with Crippen LogP contribution in [0.1, 0.15) is 10.5 Å². The minimum Gasteiger partial charge on any atom is -0.319 e. The van der Waals surface area contributed by atoms with Crippen LogP contribution >= 0.6 is 15.9 Å². The molecule has 0 saturated heterocycles. The number of nitrogens with one attached hydrogen (secondary N) is 1. The minimum absolute atomic E-state index is 0.250. The number of rotatable bonds is 2. The van der Waals surface area contributed by atoms with Crippen molar-refractivity contribution in [1.29, 1.82) is 0 Å². The molecule has 0 bridgehead atoms. The number of benzene rings is 1. The first-order valence-electron chi connectivity index (χ1n) is 5.99. The van der Waals surface area contributed by atoms with Gasteiger partial charge in [-0.2, -0.15) is 5.10 Å². The molecule has 1 amide bonds. The van der Waals surface area contributed by atoms with E-state index in [0.717, 1.165) is 15.4 Å². The van der Waals surface area contributed by atoms with Crippen LogP contribution in [-0.4, -0.2) is 20.7 Å². The molecule has 3 aromatic rings. The highest BCUT2D eigenvalue weighted by atomic mass is 79.9. The van der Waals surface area contributed by atoms with Crippen LogP contribution in [0, 0.1) is 0 Å². The number of hydrogen-bond acceptors (Lipinski definition) is 3. The smallest absolute Gasteiger partial charge is 0.276 e. The van der Waals surface area contributed by atoms with Crippen molar-refractivity contribution in [1.82, 2.24) is 14.8 Å². The normalized spacial score (nSPS) is 10.7. The Morgan fingerprint density at radius 2 is 2.15 bits per heavy atom. The van der Waals surface area contributed by atoms with Gasteiger partial charge in [0.2, 0.25) is 0 Å². The fraction of sp³-hybridized carbons (Fsp3) is 0.0714. The van der Waals surface area contributed by atoms with E-state index in [1.165, 1.54) is 0 Å². The number of amides is 1. The Morgan fingerprint density at radius 1 is 1.30 bits per heavy atom. The lowest BCUT2D eigenvalue weighted by Gasteiger charge is -2.08. The Labute approximate surface area is 123 Å². The summed E-state index contributed by atoms with van der Waals surface area (Å²) < 4.78 is 2.53. The van der Waals surface area contributed by atoms with Crippen LogP contribution in [0.5, 0.6) is 0 Å². The van der Waals surface area contributed by atoms with E-state index in [1.807, 2.05) is 24.3 Å². The third-order valence-electron chi connectivity index (χ3n) is 2.91. The summed E-state index contributed by atoms with van der Waals surface area (Å²) in [6.45, 7) is 0. The summed E-state index contributed by atoms with van der Waals surface area (Å²) in [6, 6.07) is 9.18. The lowest BCUT2D eigenvalue weighted by molar-refractivity contribution is 0.102. The van der Waals surface area contributed by atoms with E-state index < -0.39 is 0 Å². The number of pyridine rings is 1. The molecule has 1 aromatic carbocycles. The minimum atomic E-state index is -0.250. The summed E-state index contributed by atoms with van der Waals surface area (Å²) in [4.78, 5) is 16.5. The van der Waals surface area contributed by atoms with Gasteiger partial charge >= 0.3 is 0 Å². The number of aromatic nitrogens is 3. The van der Waals surface area contributed by atoms with Crippen LogP contribution in [0.2, 0.25) is 0 Å². The van der Waals surface area contributed by atoms with E-state index in [4.69, 9.17) is 0 Å². The molecule has 0 radical (unpaired) electrons. The molecule has 0 fully saturated rings. The predicted molar refractivity (Wildman–Crippen MR) is 80.6 cm³/mol. The van der Waals surface area contributed by atoms with Crippen LogP contribution < -0.4 is 5.32 Å². The quantitative estimate of drug-likeness (QED) is 0.785. The summed E-state index contributed by atoms with van der Waals surface area (Å²) in [7, 11) is 1.77. The van der Waals surface area contributed by atoms with Crippen molar-refractivity contribution in [3.05, 3.63) is 52.9 Å². The van der Waals surface area contributed by atoms with Crippen LogP contribution in [-0.2, 0) is 7.05 Å². The molecular weight excluding hydrogens is 320 g/mol. The molecule has 6 heteroatoms. The van der Waals surface area contributed by atoms with Crippen molar-refractivity contribution in [2.24, 2.45) is 7.05 Å². The number of carbonyl (C=O) groups excluding carboxylic acids is 1. The first kappa shape index (κ1) is 12.8. The fourth-order valence-electron chi connectivity index (χ4n) is 1.96. The van der Waals surface area contributed by atoms with Gasteiger partial charge in [-0.25, -0.2) is 0 Å². The molecular formula is C14H11BrN4O. The van der Waals surface area contributed by atoms with Crippen molar-refractivity contribution >= 4 is 38.4 Å². The summed E-state index contributed by atoms with van der Waals surface area (Å²) in [5.74, 6) is -0.250. The summed E-state index contributed by atoms with van der Waals surface area (Å²) in [6.07, 6.45) is 3.43. The molecule has 2 heterocycles. The van der Waals surface area contributed by atoms with Crippen molar-refractivity contribution in [2.45, 2.75) is 0 Å². The van der Waals surface area contributed by atoms with Gasteiger partial charge in [0.05, 0.1) is 11.2 Å². The van der Waals surface area contributed by atoms with E-state index in [1.54, 1.807) is 30.2 Å². The molecule has 0 aliphatic carbocycles. The molecule has 20 heavy (non-hydrogen) atoms. The third-order valence-corrected chi connectivity index (χ3v) is 3.60. The average molecular weight is 331 g/mol. The van der Waals surface area contributed by atoms with Gasteiger partial charge in [-0.15, -0.1) is 0 Å². The maximum atomic E-state index is 12.1. The molecule has 3 rings (SSSR count). The molecule has 0 saturated carbocycles. The summed E-state index contributed by atoms with van der Waals surface area (Å²) in [5, 5.41) is 7.87. The monoisotopic (exact) mass is 330 g/mol. The Kier molecular flexibility index (Phi) is 3.23. The van der Waals surface area contributed by atoms with Crippen LogP contribution in [0.3, 0.4) is 0 Å². The van der Waals surface area contributed by atoms with Crippen LogP contribution in [0.15, 0.2) is 47.2 Å². The predicted octanol–water partition coefficient (Wildman–Crippen LogP) is 2.98. The Bertz CT molecular complexity index is 797. The van der Waals surface area contributed by atoms with Gasteiger partial charge in [0.1, 0.15) is 0 Å². The summed E-state index contributed by atoms with van der Waals surface area (Å²) >= 11 is 3.48. The molecule has 0 unspecified atom stereocenters. The maximum absolute atomic E-state index is 12.1. The zero-order valence-electron chi connectivity index (χ0n) is 10.7. The second kappa shape index (κ2) is 5.05. The van der Waals surface area contributed by atoms with Crippen molar-refractivity contribution < 1.29 is 4.79 Å². The number of fused-ring (bicyclic) bond motifs is 1. The first-order chi connectivity index (χ1) is 9.65. The summed E-state index contributed by atoms with van der Waals surface area (Å²) in [5.41, 5.74) is 1.78. The second-order valence-corrected chi connectivity index (χ2v) is 5.18. The largest absolute Gasteiger partial charge is 0.319 e. The highest BCUT2D eigenvalue weighted by Gasteiger charge is 2.12. The highest BCUT2D eigenvalue weighted by Crippen LogP contribution is 2.28. The molecule has 5 nitrogen and oxygen atoms in total. The van der Waals surface area contributed by atoms with Gasteiger partial charge in [0.25, 0.3) is 5.91 Å². The average Bonchev–Trinajstić information content (AvgIpc) is 2.89. The molecule has 100 valence electrons. The van der Waals surface area contributed by atoms with E-state index in [9.17, 15) is 4.79 Å². The molecule has 0 aliphatic heterocycles.